The lowest BCUT2D eigenvalue weighted by Crippen LogP contribution is -2.48. The van der Waals surface area contributed by atoms with E-state index < -0.39 is 0 Å². The van der Waals surface area contributed by atoms with Crippen molar-refractivity contribution < 1.29 is 4.79 Å². The third kappa shape index (κ3) is 4.44. The van der Waals surface area contributed by atoms with Gasteiger partial charge in [0.25, 0.3) is 0 Å². The average Bonchev–Trinajstić information content (AvgIpc) is 3.17. The first kappa shape index (κ1) is 16.2. The number of piperazine rings is 1. The van der Waals surface area contributed by atoms with Gasteiger partial charge >= 0.3 is 0 Å². The fraction of sp³-hybridized carbons (Fsp3) is 0.688. The Kier molecular flexibility index (Phi) is 5.74. The third-order valence-electron chi connectivity index (χ3n) is 4.66. The Labute approximate surface area is 141 Å². The van der Waals surface area contributed by atoms with Crippen LogP contribution >= 0.6 is 22.9 Å². The molecule has 1 aromatic rings. The average molecular weight is 342 g/mol. The quantitative estimate of drug-likeness (QED) is 0.893. The van der Waals surface area contributed by atoms with Crippen molar-refractivity contribution >= 4 is 28.8 Å². The van der Waals surface area contributed by atoms with Crippen LogP contribution in [-0.2, 0) is 11.3 Å². The predicted molar refractivity (Wildman–Crippen MR) is 91.4 cm³/mol. The summed E-state index contributed by atoms with van der Waals surface area (Å²) in [5.74, 6) is 1.04. The highest BCUT2D eigenvalue weighted by Gasteiger charge is 2.23. The molecule has 0 radical (unpaired) electrons. The van der Waals surface area contributed by atoms with Gasteiger partial charge in [-0.2, -0.15) is 0 Å². The van der Waals surface area contributed by atoms with Crippen molar-refractivity contribution in [3.8, 4) is 0 Å². The standard InChI is InChI=1S/C16H24ClN3OS/c17-15-3-2-14(22-15)12-19-7-9-20(10-8-19)16(21)4-1-13-5-6-18-11-13/h2-3,13,18H,1,4-12H2. The van der Waals surface area contributed by atoms with Crippen LogP contribution in [0.25, 0.3) is 0 Å². The Morgan fingerprint density at radius 2 is 2.14 bits per heavy atom. The largest absolute Gasteiger partial charge is 0.340 e. The topological polar surface area (TPSA) is 35.6 Å². The second-order valence-corrected chi connectivity index (χ2v) is 8.06. The fourth-order valence-electron chi connectivity index (χ4n) is 3.26. The molecule has 0 saturated carbocycles. The van der Waals surface area contributed by atoms with Crippen LogP contribution in [0.5, 0.6) is 0 Å². The van der Waals surface area contributed by atoms with E-state index >= 15 is 0 Å². The van der Waals surface area contributed by atoms with Gasteiger partial charge in [-0.1, -0.05) is 11.6 Å². The van der Waals surface area contributed by atoms with Crippen LogP contribution in [0.3, 0.4) is 0 Å². The molecule has 1 atom stereocenters. The molecular weight excluding hydrogens is 318 g/mol. The predicted octanol–water partition coefficient (Wildman–Crippen LogP) is 2.44. The SMILES string of the molecule is O=C(CCC1CCNC1)N1CCN(Cc2ccc(Cl)s2)CC1. The number of amides is 1. The first-order chi connectivity index (χ1) is 10.7. The summed E-state index contributed by atoms with van der Waals surface area (Å²) in [7, 11) is 0. The minimum Gasteiger partial charge on any atom is -0.340 e. The molecule has 1 aromatic heterocycles. The summed E-state index contributed by atoms with van der Waals surface area (Å²) >= 11 is 7.62. The number of nitrogens with zero attached hydrogens (tertiary/aromatic N) is 2. The van der Waals surface area contributed by atoms with E-state index in [-0.39, 0.29) is 0 Å². The molecule has 0 aromatic carbocycles. The zero-order chi connectivity index (χ0) is 15.4. The Hall–Kier alpha value is -0.620. The first-order valence-corrected chi connectivity index (χ1v) is 9.35. The van der Waals surface area contributed by atoms with Crippen molar-refractivity contribution in [3.63, 3.8) is 0 Å². The van der Waals surface area contributed by atoms with Crippen molar-refractivity contribution in [2.75, 3.05) is 39.3 Å². The summed E-state index contributed by atoms with van der Waals surface area (Å²) in [6.45, 7) is 6.81. The molecule has 0 bridgehead atoms. The maximum Gasteiger partial charge on any atom is 0.222 e. The van der Waals surface area contributed by atoms with Gasteiger partial charge in [0.1, 0.15) is 0 Å². The number of hydrogen-bond donors (Lipinski definition) is 1. The van der Waals surface area contributed by atoms with E-state index in [1.165, 1.54) is 11.3 Å². The van der Waals surface area contributed by atoms with Crippen LogP contribution in [0.4, 0.5) is 0 Å². The molecule has 4 nitrogen and oxygen atoms in total. The Morgan fingerprint density at radius 1 is 1.32 bits per heavy atom. The van der Waals surface area contributed by atoms with Crippen LogP contribution in [0.2, 0.25) is 4.34 Å². The van der Waals surface area contributed by atoms with Crippen molar-refractivity contribution in [1.82, 2.24) is 15.1 Å². The lowest BCUT2D eigenvalue weighted by atomic mass is 10.0. The molecule has 122 valence electrons. The molecule has 2 fully saturated rings. The fourth-order valence-corrected chi connectivity index (χ4v) is 4.39. The number of thiophene rings is 1. The Balaban J connectivity index is 1.38. The van der Waals surface area contributed by atoms with Crippen molar-refractivity contribution in [1.29, 1.82) is 0 Å². The van der Waals surface area contributed by atoms with Crippen LogP contribution in [-0.4, -0.2) is 55.0 Å². The molecular formula is C16H24ClN3OS. The number of halogens is 1. The minimum atomic E-state index is 0.339. The van der Waals surface area contributed by atoms with E-state index in [4.69, 9.17) is 11.6 Å². The second kappa shape index (κ2) is 7.77. The number of hydrogen-bond acceptors (Lipinski definition) is 4. The van der Waals surface area contributed by atoms with E-state index in [0.717, 1.165) is 56.6 Å². The molecule has 1 unspecified atom stereocenters. The molecule has 2 saturated heterocycles. The maximum absolute atomic E-state index is 12.3. The van der Waals surface area contributed by atoms with Gasteiger partial charge in [-0.25, -0.2) is 0 Å². The molecule has 3 heterocycles. The van der Waals surface area contributed by atoms with Gasteiger partial charge in [-0.3, -0.25) is 9.69 Å². The van der Waals surface area contributed by atoms with Gasteiger partial charge in [0.05, 0.1) is 4.34 Å². The highest BCUT2D eigenvalue weighted by molar-refractivity contribution is 7.16. The number of carbonyl (C=O) groups excluding carboxylic acids is 1. The zero-order valence-electron chi connectivity index (χ0n) is 12.9. The van der Waals surface area contributed by atoms with Crippen molar-refractivity contribution in [3.05, 3.63) is 21.3 Å². The highest BCUT2D eigenvalue weighted by Crippen LogP contribution is 2.23. The Bertz CT molecular complexity index is 493. The smallest absolute Gasteiger partial charge is 0.222 e. The number of nitrogens with one attached hydrogen (secondary N) is 1. The van der Waals surface area contributed by atoms with Gasteiger partial charge in [-0.15, -0.1) is 11.3 Å². The van der Waals surface area contributed by atoms with E-state index in [1.54, 1.807) is 11.3 Å². The van der Waals surface area contributed by atoms with Gasteiger partial charge in [-0.05, 0) is 44.0 Å². The van der Waals surface area contributed by atoms with Crippen molar-refractivity contribution in [2.24, 2.45) is 5.92 Å². The van der Waals surface area contributed by atoms with Crippen molar-refractivity contribution in [2.45, 2.75) is 25.8 Å². The molecule has 2 aliphatic heterocycles. The van der Waals surface area contributed by atoms with Gasteiger partial charge in [0.2, 0.25) is 5.91 Å². The Morgan fingerprint density at radius 3 is 2.77 bits per heavy atom. The molecule has 22 heavy (non-hydrogen) atoms. The molecule has 1 N–H and O–H groups in total. The molecule has 6 heteroatoms. The minimum absolute atomic E-state index is 0.339. The van der Waals surface area contributed by atoms with E-state index in [1.807, 2.05) is 11.0 Å². The number of carbonyl (C=O) groups is 1. The third-order valence-corrected chi connectivity index (χ3v) is 5.88. The van der Waals surface area contributed by atoms with E-state index in [2.05, 4.69) is 16.3 Å². The lowest BCUT2D eigenvalue weighted by Gasteiger charge is -2.34. The van der Waals surface area contributed by atoms with E-state index in [9.17, 15) is 4.79 Å². The maximum atomic E-state index is 12.3. The van der Waals surface area contributed by atoms with Crippen LogP contribution < -0.4 is 5.32 Å². The second-order valence-electron chi connectivity index (χ2n) is 6.26. The number of rotatable bonds is 5. The zero-order valence-corrected chi connectivity index (χ0v) is 14.5. The summed E-state index contributed by atoms with van der Waals surface area (Å²) in [6.07, 6.45) is 2.98. The van der Waals surface area contributed by atoms with Crippen LogP contribution in [0.15, 0.2) is 12.1 Å². The van der Waals surface area contributed by atoms with Gasteiger partial charge < -0.3 is 10.2 Å². The monoisotopic (exact) mass is 341 g/mol. The molecule has 1 amide bonds. The van der Waals surface area contributed by atoms with Gasteiger partial charge in [0, 0.05) is 44.0 Å². The normalized spacial score (nSPS) is 23.1. The summed E-state index contributed by atoms with van der Waals surface area (Å²) < 4.78 is 0.852. The lowest BCUT2D eigenvalue weighted by molar-refractivity contribution is -0.133. The highest BCUT2D eigenvalue weighted by atomic mass is 35.5. The van der Waals surface area contributed by atoms with E-state index in [0.29, 0.717) is 18.2 Å². The molecule has 0 spiro atoms. The molecule has 2 aliphatic rings. The summed E-state index contributed by atoms with van der Waals surface area (Å²) in [6, 6.07) is 4.05. The van der Waals surface area contributed by atoms with Gasteiger partial charge in [0.15, 0.2) is 0 Å². The summed E-state index contributed by atoms with van der Waals surface area (Å²) in [5, 5.41) is 3.37. The van der Waals surface area contributed by atoms with Crippen LogP contribution in [0, 0.1) is 5.92 Å². The van der Waals surface area contributed by atoms with Crippen LogP contribution in [0.1, 0.15) is 24.1 Å². The first-order valence-electron chi connectivity index (χ1n) is 8.16. The summed E-state index contributed by atoms with van der Waals surface area (Å²) in [4.78, 5) is 18.1. The molecule has 3 rings (SSSR count). The summed E-state index contributed by atoms with van der Waals surface area (Å²) in [5.41, 5.74) is 0. The molecule has 0 aliphatic carbocycles.